The summed E-state index contributed by atoms with van der Waals surface area (Å²) in [4.78, 5) is 4.83. The third kappa shape index (κ3) is 2.39. The van der Waals surface area contributed by atoms with Crippen LogP contribution in [-0.4, -0.2) is 21.3 Å². The van der Waals surface area contributed by atoms with Gasteiger partial charge in [-0.1, -0.05) is 18.9 Å². The fourth-order valence-corrected chi connectivity index (χ4v) is 3.24. The molecule has 0 atom stereocenters. The van der Waals surface area contributed by atoms with E-state index in [0.717, 1.165) is 18.4 Å². The molecule has 0 spiro atoms. The van der Waals surface area contributed by atoms with E-state index in [0.29, 0.717) is 5.92 Å². The maximum atomic E-state index is 8.93. The van der Waals surface area contributed by atoms with Gasteiger partial charge in [0, 0.05) is 19.6 Å². The van der Waals surface area contributed by atoms with Crippen molar-refractivity contribution in [3.05, 3.63) is 29.6 Å². The van der Waals surface area contributed by atoms with Gasteiger partial charge in [0.2, 0.25) is 0 Å². The van der Waals surface area contributed by atoms with Crippen molar-refractivity contribution in [1.82, 2.24) is 9.55 Å². The Bertz CT molecular complexity index is 567. The van der Waals surface area contributed by atoms with E-state index in [1.165, 1.54) is 42.6 Å². The van der Waals surface area contributed by atoms with Crippen LogP contribution in [0, 0.1) is 0 Å². The first-order chi connectivity index (χ1) is 9.29. The maximum absolute atomic E-state index is 8.93. The average molecular weight is 258 g/mol. The Kier molecular flexibility index (Phi) is 3.56. The Morgan fingerprint density at radius 2 is 2.11 bits per heavy atom. The van der Waals surface area contributed by atoms with Gasteiger partial charge in [0.05, 0.1) is 11.0 Å². The molecule has 19 heavy (non-hydrogen) atoms. The van der Waals surface area contributed by atoms with Gasteiger partial charge in [-0.2, -0.15) is 0 Å². The van der Waals surface area contributed by atoms with Gasteiger partial charge >= 0.3 is 0 Å². The minimum absolute atomic E-state index is 0.261. The molecule has 1 aliphatic carbocycles. The van der Waals surface area contributed by atoms with Crippen molar-refractivity contribution in [3.8, 4) is 0 Å². The van der Waals surface area contributed by atoms with E-state index in [1.807, 2.05) is 0 Å². The fraction of sp³-hybridized carbons (Fsp3) is 0.562. The van der Waals surface area contributed by atoms with Gasteiger partial charge in [-0.3, -0.25) is 0 Å². The highest BCUT2D eigenvalue weighted by atomic mass is 16.2. The van der Waals surface area contributed by atoms with Crippen LogP contribution in [0.2, 0.25) is 0 Å². The van der Waals surface area contributed by atoms with Crippen LogP contribution < -0.4 is 0 Å². The second-order valence-electron chi connectivity index (χ2n) is 5.66. The van der Waals surface area contributed by atoms with E-state index in [2.05, 4.69) is 29.8 Å². The minimum atomic E-state index is 0.261. The number of imidazole rings is 1. The smallest absolute Gasteiger partial charge is 0.112 e. The van der Waals surface area contributed by atoms with Crippen molar-refractivity contribution in [2.24, 2.45) is 7.05 Å². The summed E-state index contributed by atoms with van der Waals surface area (Å²) in [5.74, 6) is 1.91. The molecule has 0 aliphatic heterocycles. The Hall–Kier alpha value is -1.35. The molecular formula is C16H22N2O. The Balaban J connectivity index is 1.95. The molecule has 1 aromatic heterocycles. The standard InChI is InChI=1S/C16H22N2O/c1-18-15-11-12(5-4-10-19)8-9-14(15)17-16(18)13-6-2-3-7-13/h8-9,11,13,19H,2-7,10H2,1H3. The molecule has 1 saturated carbocycles. The molecule has 1 N–H and O–H groups in total. The summed E-state index contributed by atoms with van der Waals surface area (Å²) in [6.45, 7) is 0.261. The lowest BCUT2D eigenvalue weighted by Gasteiger charge is -2.08. The molecule has 1 aliphatic rings. The van der Waals surface area contributed by atoms with Crippen LogP contribution in [0.1, 0.15) is 49.4 Å². The van der Waals surface area contributed by atoms with Crippen LogP contribution in [0.15, 0.2) is 18.2 Å². The monoisotopic (exact) mass is 258 g/mol. The van der Waals surface area contributed by atoms with E-state index >= 15 is 0 Å². The summed E-state index contributed by atoms with van der Waals surface area (Å²) in [7, 11) is 2.14. The highest BCUT2D eigenvalue weighted by molar-refractivity contribution is 5.77. The lowest BCUT2D eigenvalue weighted by atomic mass is 10.1. The van der Waals surface area contributed by atoms with E-state index < -0.39 is 0 Å². The molecule has 0 unspecified atom stereocenters. The lowest BCUT2D eigenvalue weighted by Crippen LogP contribution is -2.02. The summed E-state index contributed by atoms with van der Waals surface area (Å²) < 4.78 is 2.27. The number of aryl methyl sites for hydroxylation is 2. The van der Waals surface area contributed by atoms with Crippen LogP contribution in [-0.2, 0) is 13.5 Å². The number of benzene rings is 1. The first-order valence-corrected chi connectivity index (χ1v) is 7.35. The molecule has 0 saturated heterocycles. The van der Waals surface area contributed by atoms with Crippen molar-refractivity contribution in [3.63, 3.8) is 0 Å². The molecule has 1 fully saturated rings. The Labute approximate surface area is 114 Å². The van der Waals surface area contributed by atoms with Crippen LogP contribution in [0.4, 0.5) is 0 Å². The van der Waals surface area contributed by atoms with Crippen LogP contribution in [0.25, 0.3) is 11.0 Å². The van der Waals surface area contributed by atoms with Gasteiger partial charge in [-0.05, 0) is 43.4 Å². The number of rotatable bonds is 4. The van der Waals surface area contributed by atoms with Gasteiger partial charge in [0.25, 0.3) is 0 Å². The van der Waals surface area contributed by atoms with Gasteiger partial charge in [0.15, 0.2) is 0 Å². The van der Waals surface area contributed by atoms with Crippen molar-refractivity contribution in [2.75, 3.05) is 6.61 Å². The van der Waals surface area contributed by atoms with Gasteiger partial charge < -0.3 is 9.67 Å². The Morgan fingerprint density at radius 3 is 2.84 bits per heavy atom. The van der Waals surface area contributed by atoms with E-state index in [1.54, 1.807) is 0 Å². The molecule has 3 nitrogen and oxygen atoms in total. The van der Waals surface area contributed by atoms with E-state index in [4.69, 9.17) is 10.1 Å². The highest BCUT2D eigenvalue weighted by Crippen LogP contribution is 2.34. The van der Waals surface area contributed by atoms with Gasteiger partial charge in [0.1, 0.15) is 5.82 Å². The zero-order valence-electron chi connectivity index (χ0n) is 11.6. The number of fused-ring (bicyclic) bond motifs is 1. The highest BCUT2D eigenvalue weighted by Gasteiger charge is 2.22. The van der Waals surface area contributed by atoms with E-state index in [9.17, 15) is 0 Å². The molecule has 1 aromatic carbocycles. The number of aromatic nitrogens is 2. The Morgan fingerprint density at radius 1 is 1.32 bits per heavy atom. The zero-order chi connectivity index (χ0) is 13.2. The first kappa shape index (κ1) is 12.7. The molecule has 3 heteroatoms. The molecule has 0 amide bonds. The van der Waals surface area contributed by atoms with Crippen LogP contribution in [0.3, 0.4) is 0 Å². The second-order valence-corrected chi connectivity index (χ2v) is 5.66. The largest absolute Gasteiger partial charge is 0.396 e. The molecule has 0 bridgehead atoms. The predicted molar refractivity (Wildman–Crippen MR) is 77.3 cm³/mol. The van der Waals surface area contributed by atoms with E-state index in [-0.39, 0.29) is 6.61 Å². The molecule has 0 radical (unpaired) electrons. The summed E-state index contributed by atoms with van der Waals surface area (Å²) >= 11 is 0. The predicted octanol–water partition coefficient (Wildman–Crippen LogP) is 3.16. The maximum Gasteiger partial charge on any atom is 0.112 e. The number of aliphatic hydroxyl groups is 1. The number of aliphatic hydroxyl groups excluding tert-OH is 1. The average Bonchev–Trinajstić information content (AvgIpc) is 3.05. The fourth-order valence-electron chi connectivity index (χ4n) is 3.24. The molecule has 102 valence electrons. The van der Waals surface area contributed by atoms with Crippen molar-refractivity contribution in [2.45, 2.75) is 44.4 Å². The normalized spacial score (nSPS) is 16.5. The molecular weight excluding hydrogens is 236 g/mol. The van der Waals surface area contributed by atoms with Crippen LogP contribution in [0.5, 0.6) is 0 Å². The summed E-state index contributed by atoms with van der Waals surface area (Å²) in [5.41, 5.74) is 3.64. The summed E-state index contributed by atoms with van der Waals surface area (Å²) in [6.07, 6.45) is 7.03. The second kappa shape index (κ2) is 5.33. The van der Waals surface area contributed by atoms with Crippen molar-refractivity contribution >= 4 is 11.0 Å². The summed E-state index contributed by atoms with van der Waals surface area (Å²) in [5, 5.41) is 8.93. The summed E-state index contributed by atoms with van der Waals surface area (Å²) in [6, 6.07) is 6.50. The SMILES string of the molecule is Cn1c(C2CCCC2)nc2ccc(CCCO)cc21. The minimum Gasteiger partial charge on any atom is -0.396 e. The topological polar surface area (TPSA) is 38.0 Å². The first-order valence-electron chi connectivity index (χ1n) is 7.35. The van der Waals surface area contributed by atoms with Crippen molar-refractivity contribution < 1.29 is 5.11 Å². The van der Waals surface area contributed by atoms with Crippen LogP contribution >= 0.6 is 0 Å². The zero-order valence-corrected chi connectivity index (χ0v) is 11.6. The van der Waals surface area contributed by atoms with Gasteiger partial charge in [-0.15, -0.1) is 0 Å². The number of hydrogen-bond acceptors (Lipinski definition) is 2. The molecule has 1 heterocycles. The lowest BCUT2D eigenvalue weighted by molar-refractivity contribution is 0.288. The molecule has 3 rings (SSSR count). The quantitative estimate of drug-likeness (QED) is 0.914. The number of nitrogens with zero attached hydrogens (tertiary/aromatic N) is 2. The third-order valence-electron chi connectivity index (χ3n) is 4.32. The number of hydrogen-bond donors (Lipinski definition) is 1. The third-order valence-corrected chi connectivity index (χ3v) is 4.32. The van der Waals surface area contributed by atoms with Crippen molar-refractivity contribution in [1.29, 1.82) is 0 Å². The van der Waals surface area contributed by atoms with Gasteiger partial charge in [-0.25, -0.2) is 4.98 Å². The molecule has 2 aromatic rings.